The minimum absolute atomic E-state index is 0.0559. The van der Waals surface area contributed by atoms with E-state index in [0.29, 0.717) is 0 Å². The van der Waals surface area contributed by atoms with E-state index in [1.165, 1.54) is 6.07 Å². The van der Waals surface area contributed by atoms with Gasteiger partial charge in [0, 0.05) is 0 Å². The summed E-state index contributed by atoms with van der Waals surface area (Å²) in [5.41, 5.74) is -1.54. The molecule has 0 saturated carbocycles. The molecule has 0 aromatic heterocycles. The number of hydrogen-bond donors (Lipinski definition) is 1. The Labute approximate surface area is 102 Å². The normalized spacial score (nSPS) is 18.4. The average molecular weight is 259 g/mol. The van der Waals surface area contributed by atoms with E-state index in [2.05, 4.69) is 5.32 Å². The molecule has 1 aromatic rings. The van der Waals surface area contributed by atoms with Crippen LogP contribution in [0.3, 0.4) is 0 Å². The van der Waals surface area contributed by atoms with Crippen LogP contribution in [0.1, 0.15) is 19.4 Å². The first-order valence-electron chi connectivity index (χ1n) is 5.36. The van der Waals surface area contributed by atoms with Gasteiger partial charge in [-0.2, -0.15) is 13.2 Å². The third kappa shape index (κ3) is 2.27. The average Bonchev–Trinajstić information content (AvgIpc) is 2.35. The van der Waals surface area contributed by atoms with Crippen LogP contribution in [0.4, 0.5) is 18.9 Å². The third-order valence-electron chi connectivity index (χ3n) is 2.76. The molecule has 1 aliphatic rings. The summed E-state index contributed by atoms with van der Waals surface area (Å²) in [4.78, 5) is 11.8. The van der Waals surface area contributed by atoms with Gasteiger partial charge >= 0.3 is 6.18 Å². The maximum atomic E-state index is 12.6. The van der Waals surface area contributed by atoms with Gasteiger partial charge in [-0.05, 0) is 32.0 Å². The molecule has 3 nitrogen and oxygen atoms in total. The first-order chi connectivity index (χ1) is 8.20. The summed E-state index contributed by atoms with van der Waals surface area (Å²) in [5, 5.41) is 2.46. The lowest BCUT2D eigenvalue weighted by Crippen LogP contribution is -2.33. The lowest BCUT2D eigenvalue weighted by Gasteiger charge is -2.18. The van der Waals surface area contributed by atoms with Crippen molar-refractivity contribution in [3.63, 3.8) is 0 Å². The zero-order chi connectivity index (χ0) is 13.6. The van der Waals surface area contributed by atoms with E-state index in [4.69, 9.17) is 4.74 Å². The standard InChI is InChI=1S/C12H12F3NO2/c1-11(2)6-18-9-4-3-7(12(13,14)15)5-8(9)16-10(11)17/h3-5H,6H2,1-2H3,(H,16,17). The highest BCUT2D eigenvalue weighted by atomic mass is 19.4. The molecular weight excluding hydrogens is 247 g/mol. The molecule has 18 heavy (non-hydrogen) atoms. The van der Waals surface area contributed by atoms with Gasteiger partial charge in [0.15, 0.2) is 0 Å². The highest BCUT2D eigenvalue weighted by Gasteiger charge is 2.35. The van der Waals surface area contributed by atoms with Crippen molar-refractivity contribution in [1.29, 1.82) is 0 Å². The molecule has 0 aliphatic carbocycles. The molecule has 0 atom stereocenters. The van der Waals surface area contributed by atoms with E-state index >= 15 is 0 Å². The number of halogens is 3. The van der Waals surface area contributed by atoms with E-state index in [9.17, 15) is 18.0 Å². The van der Waals surface area contributed by atoms with Crippen LogP contribution in [0.5, 0.6) is 5.75 Å². The molecule has 1 N–H and O–H groups in total. The number of amides is 1. The fourth-order valence-corrected chi connectivity index (χ4v) is 1.55. The van der Waals surface area contributed by atoms with Crippen LogP contribution in [0, 0.1) is 5.41 Å². The number of carbonyl (C=O) groups is 1. The van der Waals surface area contributed by atoms with Crippen molar-refractivity contribution in [3.8, 4) is 5.75 Å². The molecule has 0 spiro atoms. The highest BCUT2D eigenvalue weighted by molar-refractivity contribution is 5.97. The van der Waals surface area contributed by atoms with Gasteiger partial charge in [-0.15, -0.1) is 0 Å². The number of hydrogen-bond acceptors (Lipinski definition) is 2. The third-order valence-corrected chi connectivity index (χ3v) is 2.76. The van der Waals surface area contributed by atoms with Crippen molar-refractivity contribution in [2.24, 2.45) is 5.41 Å². The number of anilines is 1. The largest absolute Gasteiger partial charge is 0.490 e. The van der Waals surface area contributed by atoms with Gasteiger partial charge in [0.1, 0.15) is 12.4 Å². The molecule has 0 saturated heterocycles. The minimum Gasteiger partial charge on any atom is -0.490 e. The summed E-state index contributed by atoms with van der Waals surface area (Å²) in [6.07, 6.45) is -4.44. The van der Waals surface area contributed by atoms with Crippen molar-refractivity contribution in [1.82, 2.24) is 0 Å². The fraction of sp³-hybridized carbons (Fsp3) is 0.417. The second-order valence-corrected chi connectivity index (χ2v) is 4.84. The van der Waals surface area contributed by atoms with E-state index in [0.717, 1.165) is 12.1 Å². The van der Waals surface area contributed by atoms with Crippen LogP contribution in [0.25, 0.3) is 0 Å². The summed E-state index contributed by atoms with van der Waals surface area (Å²) >= 11 is 0. The summed E-state index contributed by atoms with van der Waals surface area (Å²) in [6, 6.07) is 3.04. The SMILES string of the molecule is CC1(C)COc2ccc(C(F)(F)F)cc2NC1=O. The molecule has 6 heteroatoms. The Balaban J connectivity index is 2.41. The molecule has 0 bridgehead atoms. The monoisotopic (exact) mass is 259 g/mol. The first kappa shape index (κ1) is 12.7. The summed E-state index contributed by atoms with van der Waals surface area (Å²) < 4.78 is 43.0. The molecule has 1 heterocycles. The molecule has 0 radical (unpaired) electrons. The number of benzene rings is 1. The van der Waals surface area contributed by atoms with Crippen LogP contribution in [-0.4, -0.2) is 12.5 Å². The van der Waals surface area contributed by atoms with Gasteiger partial charge in [-0.3, -0.25) is 4.79 Å². The number of rotatable bonds is 0. The smallest absolute Gasteiger partial charge is 0.416 e. The van der Waals surface area contributed by atoms with Crippen LogP contribution in [-0.2, 0) is 11.0 Å². The van der Waals surface area contributed by atoms with Crippen molar-refractivity contribution in [2.75, 3.05) is 11.9 Å². The van der Waals surface area contributed by atoms with E-state index in [-0.39, 0.29) is 24.0 Å². The zero-order valence-corrected chi connectivity index (χ0v) is 9.89. The maximum Gasteiger partial charge on any atom is 0.416 e. The maximum absolute atomic E-state index is 12.6. The lowest BCUT2D eigenvalue weighted by molar-refractivity contribution is -0.137. The van der Waals surface area contributed by atoms with E-state index in [1.807, 2.05) is 0 Å². The summed E-state index contributed by atoms with van der Waals surface area (Å²) in [6.45, 7) is 3.45. The van der Waals surface area contributed by atoms with Crippen molar-refractivity contribution < 1.29 is 22.7 Å². The number of alkyl halides is 3. The number of nitrogens with one attached hydrogen (secondary N) is 1. The molecule has 2 rings (SSSR count). The number of ether oxygens (including phenoxy) is 1. The lowest BCUT2D eigenvalue weighted by atomic mass is 9.94. The van der Waals surface area contributed by atoms with Crippen LogP contribution in [0.2, 0.25) is 0 Å². The van der Waals surface area contributed by atoms with Gasteiger partial charge in [0.2, 0.25) is 5.91 Å². The van der Waals surface area contributed by atoms with E-state index in [1.54, 1.807) is 13.8 Å². The molecule has 1 aliphatic heterocycles. The van der Waals surface area contributed by atoms with Crippen LogP contribution >= 0.6 is 0 Å². The second kappa shape index (κ2) is 3.90. The predicted molar refractivity (Wildman–Crippen MR) is 59.3 cm³/mol. The summed E-state index contributed by atoms with van der Waals surface area (Å²) in [5.74, 6) is -0.109. The molecule has 0 fully saturated rings. The Bertz CT molecular complexity index is 495. The topological polar surface area (TPSA) is 38.3 Å². The van der Waals surface area contributed by atoms with Crippen molar-refractivity contribution in [3.05, 3.63) is 23.8 Å². The molecule has 1 amide bonds. The number of fused-ring (bicyclic) bond motifs is 1. The second-order valence-electron chi connectivity index (χ2n) is 4.84. The fourth-order valence-electron chi connectivity index (χ4n) is 1.55. The van der Waals surface area contributed by atoms with Gasteiger partial charge in [0.05, 0.1) is 16.7 Å². The van der Waals surface area contributed by atoms with Gasteiger partial charge in [-0.1, -0.05) is 0 Å². The van der Waals surface area contributed by atoms with Crippen molar-refractivity contribution in [2.45, 2.75) is 20.0 Å². The number of carbonyl (C=O) groups excluding carboxylic acids is 1. The molecular formula is C12H12F3NO2. The van der Waals surface area contributed by atoms with E-state index < -0.39 is 17.2 Å². The van der Waals surface area contributed by atoms with Crippen LogP contribution in [0.15, 0.2) is 18.2 Å². The Kier molecular flexibility index (Phi) is 2.76. The molecule has 1 aromatic carbocycles. The Morgan fingerprint density at radius 3 is 2.61 bits per heavy atom. The first-order valence-corrected chi connectivity index (χ1v) is 5.36. The Morgan fingerprint density at radius 1 is 1.33 bits per heavy atom. The highest BCUT2D eigenvalue weighted by Crippen LogP contribution is 2.37. The van der Waals surface area contributed by atoms with Gasteiger partial charge < -0.3 is 10.1 Å². The molecule has 98 valence electrons. The Morgan fingerprint density at radius 2 is 2.00 bits per heavy atom. The Hall–Kier alpha value is -1.72. The van der Waals surface area contributed by atoms with Crippen molar-refractivity contribution >= 4 is 11.6 Å². The van der Waals surface area contributed by atoms with Gasteiger partial charge in [0.25, 0.3) is 0 Å². The quantitative estimate of drug-likeness (QED) is 0.777. The molecule has 0 unspecified atom stereocenters. The zero-order valence-electron chi connectivity index (χ0n) is 9.89. The van der Waals surface area contributed by atoms with Crippen LogP contribution < -0.4 is 10.1 Å². The van der Waals surface area contributed by atoms with Gasteiger partial charge in [-0.25, -0.2) is 0 Å². The summed E-state index contributed by atoms with van der Waals surface area (Å²) in [7, 11) is 0. The minimum atomic E-state index is -4.44. The predicted octanol–water partition coefficient (Wildman–Crippen LogP) is 3.06.